The number of aryl methyl sites for hydroxylation is 2. The molecular formula is C13H15ClN2S. The molecule has 1 heterocycles. The summed E-state index contributed by atoms with van der Waals surface area (Å²) in [5.41, 5.74) is 3.17. The van der Waals surface area contributed by atoms with Crippen molar-refractivity contribution >= 4 is 28.6 Å². The van der Waals surface area contributed by atoms with Crippen LogP contribution in [-0.2, 0) is 0 Å². The lowest BCUT2D eigenvalue weighted by Gasteiger charge is -2.06. The zero-order chi connectivity index (χ0) is 12.4. The van der Waals surface area contributed by atoms with Gasteiger partial charge in [-0.25, -0.2) is 4.98 Å². The molecular weight excluding hydrogens is 252 g/mol. The fourth-order valence-electron chi connectivity index (χ4n) is 1.59. The van der Waals surface area contributed by atoms with Crippen molar-refractivity contribution in [1.82, 2.24) is 4.98 Å². The van der Waals surface area contributed by atoms with E-state index in [0.29, 0.717) is 0 Å². The molecule has 90 valence electrons. The normalized spacial score (nSPS) is 10.6. The number of anilines is 1. The maximum absolute atomic E-state index is 6.23. The topological polar surface area (TPSA) is 24.9 Å². The van der Waals surface area contributed by atoms with Gasteiger partial charge in [-0.3, -0.25) is 0 Å². The fourth-order valence-corrected chi connectivity index (χ4v) is 2.80. The number of benzene rings is 1. The van der Waals surface area contributed by atoms with Crippen LogP contribution in [0.1, 0.15) is 17.5 Å². The first-order valence-corrected chi connectivity index (χ1v) is 6.79. The third kappa shape index (κ3) is 2.61. The van der Waals surface area contributed by atoms with Gasteiger partial charge in [0.2, 0.25) is 0 Å². The van der Waals surface area contributed by atoms with E-state index in [9.17, 15) is 0 Å². The van der Waals surface area contributed by atoms with Crippen LogP contribution in [0, 0.1) is 13.8 Å². The zero-order valence-corrected chi connectivity index (χ0v) is 11.7. The van der Waals surface area contributed by atoms with E-state index in [1.54, 1.807) is 11.3 Å². The summed E-state index contributed by atoms with van der Waals surface area (Å²) in [7, 11) is 0. The van der Waals surface area contributed by atoms with Crippen molar-refractivity contribution in [2.45, 2.75) is 20.8 Å². The molecule has 0 aliphatic carbocycles. The molecule has 0 fully saturated rings. The highest BCUT2D eigenvalue weighted by Gasteiger charge is 2.10. The maximum Gasteiger partial charge on any atom is 0.125 e. The van der Waals surface area contributed by atoms with Gasteiger partial charge in [0.05, 0.1) is 10.7 Å². The predicted octanol–water partition coefficient (Wildman–Crippen LogP) is 4.51. The Morgan fingerprint density at radius 2 is 2.12 bits per heavy atom. The largest absolute Gasteiger partial charge is 0.385 e. The monoisotopic (exact) mass is 266 g/mol. The molecule has 1 aromatic carbocycles. The lowest BCUT2D eigenvalue weighted by molar-refractivity contribution is 1.21. The molecule has 2 nitrogen and oxygen atoms in total. The summed E-state index contributed by atoms with van der Waals surface area (Å²) < 4.78 is 0. The summed E-state index contributed by atoms with van der Waals surface area (Å²) in [6.45, 7) is 7.08. The van der Waals surface area contributed by atoms with Crippen LogP contribution in [0.15, 0.2) is 18.2 Å². The average molecular weight is 267 g/mol. The van der Waals surface area contributed by atoms with Crippen molar-refractivity contribution < 1.29 is 0 Å². The van der Waals surface area contributed by atoms with Crippen molar-refractivity contribution in [1.29, 1.82) is 0 Å². The summed E-state index contributed by atoms with van der Waals surface area (Å²) in [5, 5.41) is 5.03. The van der Waals surface area contributed by atoms with Crippen LogP contribution >= 0.6 is 22.9 Å². The molecule has 0 aliphatic heterocycles. The second-order valence-electron chi connectivity index (χ2n) is 3.89. The molecule has 0 atom stereocenters. The molecule has 17 heavy (non-hydrogen) atoms. The Kier molecular flexibility index (Phi) is 3.69. The summed E-state index contributed by atoms with van der Waals surface area (Å²) in [5.74, 6) is 0. The highest BCUT2D eigenvalue weighted by atomic mass is 35.5. The molecule has 0 amide bonds. The van der Waals surface area contributed by atoms with Gasteiger partial charge in [-0.15, -0.1) is 11.3 Å². The van der Waals surface area contributed by atoms with Gasteiger partial charge in [-0.2, -0.15) is 0 Å². The summed E-state index contributed by atoms with van der Waals surface area (Å²) in [6, 6.07) is 5.97. The summed E-state index contributed by atoms with van der Waals surface area (Å²) in [6.07, 6.45) is 0. The van der Waals surface area contributed by atoms with E-state index in [0.717, 1.165) is 33.5 Å². The van der Waals surface area contributed by atoms with Crippen LogP contribution in [0.4, 0.5) is 5.69 Å². The molecule has 0 aliphatic rings. The third-order valence-electron chi connectivity index (χ3n) is 2.61. The van der Waals surface area contributed by atoms with Crippen LogP contribution in [0.3, 0.4) is 0 Å². The molecule has 2 aromatic rings. The van der Waals surface area contributed by atoms with E-state index in [1.165, 1.54) is 4.88 Å². The lowest BCUT2D eigenvalue weighted by Crippen LogP contribution is -1.96. The standard InChI is InChI=1S/C13H15ClN2S/c1-4-15-10-5-6-12(14)11(7-10)13-16-8(2)9(3)17-13/h5-7,15H,4H2,1-3H3. The Labute approximate surface area is 111 Å². The predicted molar refractivity (Wildman–Crippen MR) is 76.2 cm³/mol. The number of thiazole rings is 1. The van der Waals surface area contributed by atoms with E-state index in [4.69, 9.17) is 11.6 Å². The van der Waals surface area contributed by atoms with E-state index < -0.39 is 0 Å². The van der Waals surface area contributed by atoms with Gasteiger partial charge < -0.3 is 5.32 Å². The number of hydrogen-bond acceptors (Lipinski definition) is 3. The zero-order valence-electron chi connectivity index (χ0n) is 10.2. The number of nitrogens with zero attached hydrogens (tertiary/aromatic N) is 1. The van der Waals surface area contributed by atoms with Crippen LogP contribution in [0.5, 0.6) is 0 Å². The fraction of sp³-hybridized carbons (Fsp3) is 0.308. The number of aromatic nitrogens is 1. The quantitative estimate of drug-likeness (QED) is 0.884. The molecule has 0 bridgehead atoms. The summed E-state index contributed by atoms with van der Waals surface area (Å²) >= 11 is 7.92. The molecule has 1 N–H and O–H groups in total. The molecule has 2 rings (SSSR count). The number of hydrogen-bond donors (Lipinski definition) is 1. The minimum atomic E-state index is 0.750. The molecule has 0 saturated heterocycles. The average Bonchev–Trinajstić information content (AvgIpc) is 2.62. The molecule has 0 unspecified atom stereocenters. The van der Waals surface area contributed by atoms with Gasteiger partial charge in [-0.05, 0) is 39.0 Å². The molecule has 1 aromatic heterocycles. The Balaban J connectivity index is 2.46. The second-order valence-corrected chi connectivity index (χ2v) is 5.50. The molecule has 4 heteroatoms. The van der Waals surface area contributed by atoms with Crippen molar-refractivity contribution in [2.75, 3.05) is 11.9 Å². The maximum atomic E-state index is 6.23. The lowest BCUT2D eigenvalue weighted by atomic mass is 10.2. The van der Waals surface area contributed by atoms with Crippen LogP contribution in [0.25, 0.3) is 10.6 Å². The Morgan fingerprint density at radius 1 is 1.35 bits per heavy atom. The van der Waals surface area contributed by atoms with Gasteiger partial charge in [0.1, 0.15) is 5.01 Å². The molecule has 0 saturated carbocycles. The molecule has 0 radical (unpaired) electrons. The van der Waals surface area contributed by atoms with Gasteiger partial charge in [0, 0.05) is 22.7 Å². The minimum Gasteiger partial charge on any atom is -0.385 e. The van der Waals surface area contributed by atoms with Crippen molar-refractivity contribution in [3.8, 4) is 10.6 Å². The first kappa shape index (κ1) is 12.4. The Morgan fingerprint density at radius 3 is 2.71 bits per heavy atom. The van der Waals surface area contributed by atoms with E-state index in [-0.39, 0.29) is 0 Å². The van der Waals surface area contributed by atoms with Gasteiger partial charge >= 0.3 is 0 Å². The van der Waals surface area contributed by atoms with Crippen molar-refractivity contribution in [3.05, 3.63) is 33.8 Å². The highest BCUT2D eigenvalue weighted by molar-refractivity contribution is 7.15. The van der Waals surface area contributed by atoms with Crippen LogP contribution < -0.4 is 5.32 Å². The van der Waals surface area contributed by atoms with E-state index >= 15 is 0 Å². The smallest absolute Gasteiger partial charge is 0.125 e. The number of rotatable bonds is 3. The van der Waals surface area contributed by atoms with E-state index in [2.05, 4.69) is 30.2 Å². The van der Waals surface area contributed by atoms with Gasteiger partial charge in [0.25, 0.3) is 0 Å². The van der Waals surface area contributed by atoms with Crippen LogP contribution in [-0.4, -0.2) is 11.5 Å². The SMILES string of the molecule is CCNc1ccc(Cl)c(-c2nc(C)c(C)s2)c1. The minimum absolute atomic E-state index is 0.750. The Hall–Kier alpha value is -1.06. The highest BCUT2D eigenvalue weighted by Crippen LogP contribution is 2.34. The Bertz CT molecular complexity index is 515. The number of halogens is 1. The summed E-state index contributed by atoms with van der Waals surface area (Å²) in [4.78, 5) is 5.79. The van der Waals surface area contributed by atoms with Crippen LogP contribution in [0.2, 0.25) is 5.02 Å². The molecule has 0 spiro atoms. The number of nitrogens with one attached hydrogen (secondary N) is 1. The van der Waals surface area contributed by atoms with Crippen molar-refractivity contribution in [2.24, 2.45) is 0 Å². The second kappa shape index (κ2) is 5.07. The third-order valence-corrected chi connectivity index (χ3v) is 4.04. The van der Waals surface area contributed by atoms with Gasteiger partial charge in [0.15, 0.2) is 0 Å². The first-order valence-electron chi connectivity index (χ1n) is 5.59. The van der Waals surface area contributed by atoms with Gasteiger partial charge in [-0.1, -0.05) is 11.6 Å². The van der Waals surface area contributed by atoms with E-state index in [1.807, 2.05) is 19.1 Å². The van der Waals surface area contributed by atoms with Crippen molar-refractivity contribution in [3.63, 3.8) is 0 Å². The first-order chi connectivity index (χ1) is 8.11.